The van der Waals surface area contributed by atoms with Crippen molar-refractivity contribution < 1.29 is 4.74 Å². The molecule has 1 heterocycles. The summed E-state index contributed by atoms with van der Waals surface area (Å²) in [5.74, 6) is 0.312. The lowest BCUT2D eigenvalue weighted by Crippen LogP contribution is -2.20. The Labute approximate surface area is 360 Å². The van der Waals surface area contributed by atoms with Gasteiger partial charge in [-0.15, -0.1) is 0 Å². The van der Waals surface area contributed by atoms with Crippen LogP contribution in [-0.2, 0) is 4.74 Å². The molecule has 0 bridgehead atoms. The summed E-state index contributed by atoms with van der Waals surface area (Å²) in [6.45, 7) is 0.692. The molecule has 12 aromatic rings. The molecule has 1 aliphatic heterocycles. The van der Waals surface area contributed by atoms with Crippen LogP contribution in [0.15, 0.2) is 206 Å². The summed E-state index contributed by atoms with van der Waals surface area (Å²) in [5, 5.41) is 20.8. The first-order valence-electron chi connectivity index (χ1n) is 22.1. The first kappa shape index (κ1) is 35.4. The van der Waals surface area contributed by atoms with Crippen LogP contribution >= 0.6 is 0 Å². The summed E-state index contributed by atoms with van der Waals surface area (Å²) < 4.78 is 6.97. The van der Waals surface area contributed by atoms with Gasteiger partial charge in [0.25, 0.3) is 0 Å². The van der Waals surface area contributed by atoms with Gasteiger partial charge in [0.1, 0.15) is 0 Å². The lowest BCUT2D eigenvalue weighted by Gasteiger charge is -2.31. The van der Waals surface area contributed by atoms with Crippen LogP contribution in [0.1, 0.15) is 36.0 Å². The summed E-state index contributed by atoms with van der Waals surface area (Å²) in [7, 11) is 0. The molecule has 1 fully saturated rings. The van der Waals surface area contributed by atoms with Gasteiger partial charge in [-0.2, -0.15) is 0 Å². The Balaban J connectivity index is 0.869. The third kappa shape index (κ3) is 5.32. The summed E-state index contributed by atoms with van der Waals surface area (Å²) in [6.07, 6.45) is 2.07. The minimum absolute atomic E-state index is 0.0341. The van der Waals surface area contributed by atoms with Crippen LogP contribution in [0.4, 0.5) is 0 Å². The van der Waals surface area contributed by atoms with Gasteiger partial charge in [-0.3, -0.25) is 0 Å². The largest absolute Gasteiger partial charge is 0.373 e. The van der Waals surface area contributed by atoms with Gasteiger partial charge in [0.15, 0.2) is 0 Å². The third-order valence-electron chi connectivity index (χ3n) is 14.1. The lowest BCUT2D eigenvalue weighted by molar-refractivity contribution is 0.00350. The summed E-state index contributed by atoms with van der Waals surface area (Å²) in [5.41, 5.74) is 7.78. The molecule has 0 spiro atoms. The SMILES string of the molecule is c1ccc2c(C3CCC(c4ccc(-c5cccc6c7ccccc7c7ccccc7c56)c5ccccc45)OC3)ccc(-c3cccc4c5ccccc5c5ccccc5c34)c2c1. The molecule has 0 aromatic heterocycles. The molecular weight excluding hydrogens is 749 g/mol. The Bertz CT molecular complexity index is 3430. The van der Waals surface area contributed by atoms with E-state index in [0.29, 0.717) is 12.5 Å². The Kier molecular flexibility index (Phi) is 8.08. The number of benzene rings is 12. The normalized spacial score (nSPS) is 15.8. The van der Waals surface area contributed by atoms with Crippen LogP contribution in [0, 0.1) is 0 Å². The van der Waals surface area contributed by atoms with E-state index in [2.05, 4.69) is 206 Å². The van der Waals surface area contributed by atoms with Crippen molar-refractivity contribution >= 4 is 86.2 Å². The topological polar surface area (TPSA) is 9.23 Å². The maximum atomic E-state index is 6.97. The first-order valence-corrected chi connectivity index (χ1v) is 22.1. The average molecular weight is 791 g/mol. The number of hydrogen-bond donors (Lipinski definition) is 0. The predicted octanol–water partition coefficient (Wildman–Crippen LogP) is 16.9. The maximum Gasteiger partial charge on any atom is 0.0831 e. The highest BCUT2D eigenvalue weighted by molar-refractivity contribution is 6.30. The summed E-state index contributed by atoms with van der Waals surface area (Å²) >= 11 is 0. The maximum absolute atomic E-state index is 6.97. The van der Waals surface area contributed by atoms with E-state index < -0.39 is 0 Å². The van der Waals surface area contributed by atoms with Gasteiger partial charge in [0.05, 0.1) is 12.7 Å². The van der Waals surface area contributed by atoms with Crippen LogP contribution < -0.4 is 0 Å². The van der Waals surface area contributed by atoms with E-state index in [1.54, 1.807) is 0 Å². The van der Waals surface area contributed by atoms with Crippen LogP contribution in [0.5, 0.6) is 0 Å². The fraction of sp³-hybridized carbons (Fsp3) is 0.0820. The molecule has 1 saturated heterocycles. The number of rotatable bonds is 4. The highest BCUT2D eigenvalue weighted by Gasteiger charge is 2.28. The minimum atomic E-state index is 0.0341. The molecule has 2 atom stereocenters. The molecule has 62 heavy (non-hydrogen) atoms. The molecule has 12 aromatic carbocycles. The van der Waals surface area contributed by atoms with Gasteiger partial charge in [-0.25, -0.2) is 0 Å². The molecule has 0 saturated carbocycles. The molecule has 0 N–H and O–H groups in total. The lowest BCUT2D eigenvalue weighted by atomic mass is 9.82. The van der Waals surface area contributed by atoms with Crippen molar-refractivity contribution in [1.82, 2.24) is 0 Å². The highest BCUT2D eigenvalue weighted by atomic mass is 16.5. The fourth-order valence-corrected chi connectivity index (χ4v) is 11.4. The highest BCUT2D eigenvalue weighted by Crippen LogP contribution is 2.47. The smallest absolute Gasteiger partial charge is 0.0831 e. The van der Waals surface area contributed by atoms with Crippen molar-refractivity contribution in [3.63, 3.8) is 0 Å². The number of ether oxygens (including phenoxy) is 1. The van der Waals surface area contributed by atoms with Crippen molar-refractivity contribution in [3.05, 3.63) is 217 Å². The van der Waals surface area contributed by atoms with E-state index in [4.69, 9.17) is 4.74 Å². The molecule has 1 aliphatic rings. The zero-order chi connectivity index (χ0) is 40.7. The quantitative estimate of drug-likeness (QED) is 0.161. The Morgan fingerprint density at radius 2 is 0.597 bits per heavy atom. The summed E-state index contributed by atoms with van der Waals surface area (Å²) in [4.78, 5) is 0. The second kappa shape index (κ2) is 14.1. The van der Waals surface area contributed by atoms with Crippen molar-refractivity contribution in [2.75, 3.05) is 6.61 Å². The van der Waals surface area contributed by atoms with Crippen LogP contribution in [0.3, 0.4) is 0 Å². The first-order chi connectivity index (χ1) is 30.8. The molecule has 1 heteroatoms. The Morgan fingerprint density at radius 1 is 0.258 bits per heavy atom. The second-order valence-corrected chi connectivity index (χ2v) is 17.2. The third-order valence-corrected chi connectivity index (χ3v) is 14.1. The molecule has 0 aliphatic carbocycles. The zero-order valence-corrected chi connectivity index (χ0v) is 34.3. The molecule has 1 nitrogen and oxygen atoms in total. The summed E-state index contributed by atoms with van der Waals surface area (Å²) in [6, 6.07) is 76.7. The van der Waals surface area contributed by atoms with E-state index in [0.717, 1.165) is 12.8 Å². The number of fused-ring (bicyclic) bond motifs is 14. The van der Waals surface area contributed by atoms with Gasteiger partial charge in [0.2, 0.25) is 0 Å². The van der Waals surface area contributed by atoms with Crippen LogP contribution in [0.25, 0.3) is 108 Å². The fourth-order valence-electron chi connectivity index (χ4n) is 11.4. The van der Waals surface area contributed by atoms with E-state index in [-0.39, 0.29) is 6.10 Å². The molecule has 292 valence electrons. The van der Waals surface area contributed by atoms with E-state index in [1.807, 2.05) is 0 Å². The van der Waals surface area contributed by atoms with Crippen LogP contribution in [0.2, 0.25) is 0 Å². The van der Waals surface area contributed by atoms with Gasteiger partial charge >= 0.3 is 0 Å². The zero-order valence-electron chi connectivity index (χ0n) is 34.3. The van der Waals surface area contributed by atoms with Crippen molar-refractivity contribution in [3.8, 4) is 22.3 Å². The van der Waals surface area contributed by atoms with Gasteiger partial charge in [-0.1, -0.05) is 206 Å². The van der Waals surface area contributed by atoms with Crippen molar-refractivity contribution in [1.29, 1.82) is 0 Å². The van der Waals surface area contributed by atoms with Crippen LogP contribution in [-0.4, -0.2) is 6.61 Å². The van der Waals surface area contributed by atoms with E-state index >= 15 is 0 Å². The van der Waals surface area contributed by atoms with Gasteiger partial charge in [-0.05, 0) is 132 Å². The van der Waals surface area contributed by atoms with E-state index in [9.17, 15) is 0 Å². The Hall–Kier alpha value is -7.32. The monoisotopic (exact) mass is 790 g/mol. The molecule has 0 amide bonds. The minimum Gasteiger partial charge on any atom is -0.373 e. The number of hydrogen-bond acceptors (Lipinski definition) is 1. The average Bonchev–Trinajstić information content (AvgIpc) is 3.35. The van der Waals surface area contributed by atoms with E-state index in [1.165, 1.54) is 120 Å². The van der Waals surface area contributed by atoms with Crippen molar-refractivity contribution in [2.24, 2.45) is 0 Å². The standard InChI is InChI=1S/C61H42O/c1-2-16-41-40(15-1)39(32-33-50(41)57-29-13-27-55-48-21-7-4-18-43(48)46-23-9-11-25-53(46)60(55)57)38-31-36-59(62-37-38)52-35-34-51(42-17-3-6-20-45(42)52)58-30-14-28-56-49-22-8-5-19-44(49)47-24-10-12-26-54(47)61(56)58/h1-30,32-35,38,59H,31,36-37H2. The molecule has 0 radical (unpaired) electrons. The van der Waals surface area contributed by atoms with Gasteiger partial charge < -0.3 is 4.74 Å². The Morgan fingerprint density at radius 3 is 1.02 bits per heavy atom. The molecular formula is C61H42O. The van der Waals surface area contributed by atoms with Crippen molar-refractivity contribution in [2.45, 2.75) is 24.9 Å². The molecule has 13 rings (SSSR count). The predicted molar refractivity (Wildman–Crippen MR) is 264 cm³/mol. The van der Waals surface area contributed by atoms with Gasteiger partial charge in [0, 0.05) is 5.92 Å². The molecule has 2 unspecified atom stereocenters. The second-order valence-electron chi connectivity index (χ2n) is 17.2.